The Morgan fingerprint density at radius 2 is 1.41 bits per heavy atom. The van der Waals surface area contributed by atoms with Crippen LogP contribution in [0.1, 0.15) is 122 Å². The molecule has 0 radical (unpaired) electrons. The van der Waals surface area contributed by atoms with Crippen LogP contribution in [-0.4, -0.2) is 6.61 Å². The van der Waals surface area contributed by atoms with Crippen molar-refractivity contribution in [2.45, 2.75) is 123 Å². The van der Waals surface area contributed by atoms with E-state index in [4.69, 9.17) is 4.74 Å². The molecule has 180 valence electrons. The summed E-state index contributed by atoms with van der Waals surface area (Å²) < 4.78 is 5.85. The van der Waals surface area contributed by atoms with Gasteiger partial charge in [0.25, 0.3) is 0 Å². The number of ether oxygens (including phenoxy) is 1. The van der Waals surface area contributed by atoms with Gasteiger partial charge in [-0.25, -0.2) is 0 Å². The van der Waals surface area contributed by atoms with Crippen LogP contribution in [0.15, 0.2) is 35.9 Å². The van der Waals surface area contributed by atoms with Gasteiger partial charge in [-0.2, -0.15) is 0 Å². The maximum Gasteiger partial charge on any atom is 0.119 e. The van der Waals surface area contributed by atoms with Gasteiger partial charge in [-0.1, -0.05) is 102 Å². The SMILES string of the molecule is CCCCCOc1ccc(CCC2=CCC(CC[C@H]3CC[C@H](CCCC)CC3)CC2)cc1. The maximum absolute atomic E-state index is 5.85. The molecule has 1 nitrogen and oxygen atoms in total. The first-order valence-corrected chi connectivity index (χ1v) is 14.2. The summed E-state index contributed by atoms with van der Waals surface area (Å²) in [4.78, 5) is 0. The highest BCUT2D eigenvalue weighted by Gasteiger charge is 2.22. The van der Waals surface area contributed by atoms with Crippen molar-refractivity contribution in [2.24, 2.45) is 17.8 Å². The van der Waals surface area contributed by atoms with Gasteiger partial charge in [-0.05, 0) is 80.4 Å². The minimum absolute atomic E-state index is 0.849. The number of benzene rings is 1. The summed E-state index contributed by atoms with van der Waals surface area (Å²) >= 11 is 0. The average molecular weight is 439 g/mol. The number of unbranched alkanes of at least 4 members (excludes halogenated alkanes) is 3. The molecule has 0 spiro atoms. The summed E-state index contributed by atoms with van der Waals surface area (Å²) in [7, 11) is 0. The molecule has 2 aliphatic carbocycles. The molecule has 0 bridgehead atoms. The molecule has 0 N–H and O–H groups in total. The quantitative estimate of drug-likeness (QED) is 0.207. The van der Waals surface area contributed by atoms with E-state index >= 15 is 0 Å². The van der Waals surface area contributed by atoms with Crippen LogP contribution in [0, 0.1) is 17.8 Å². The van der Waals surface area contributed by atoms with Gasteiger partial charge in [0.1, 0.15) is 5.75 Å². The highest BCUT2D eigenvalue weighted by molar-refractivity contribution is 5.28. The van der Waals surface area contributed by atoms with Gasteiger partial charge in [0.15, 0.2) is 0 Å². The minimum Gasteiger partial charge on any atom is -0.494 e. The molecule has 1 heteroatoms. The molecule has 1 atom stereocenters. The molecule has 2 aliphatic rings. The van der Waals surface area contributed by atoms with Crippen molar-refractivity contribution >= 4 is 0 Å². The number of allylic oxidation sites excluding steroid dienone is 2. The fourth-order valence-electron chi connectivity index (χ4n) is 5.80. The van der Waals surface area contributed by atoms with E-state index in [0.29, 0.717) is 0 Å². The van der Waals surface area contributed by atoms with Gasteiger partial charge >= 0.3 is 0 Å². The normalized spacial score (nSPS) is 23.7. The van der Waals surface area contributed by atoms with Gasteiger partial charge in [0.05, 0.1) is 6.61 Å². The van der Waals surface area contributed by atoms with Crippen LogP contribution in [0.4, 0.5) is 0 Å². The van der Waals surface area contributed by atoms with Crippen LogP contribution in [0.2, 0.25) is 0 Å². The Balaban J connectivity index is 1.28. The van der Waals surface area contributed by atoms with Crippen LogP contribution < -0.4 is 4.74 Å². The maximum atomic E-state index is 5.85. The summed E-state index contributed by atoms with van der Waals surface area (Å²) in [5, 5.41) is 0. The van der Waals surface area contributed by atoms with E-state index in [1.165, 1.54) is 108 Å². The minimum atomic E-state index is 0.849. The van der Waals surface area contributed by atoms with Gasteiger partial charge < -0.3 is 4.74 Å². The van der Waals surface area contributed by atoms with E-state index in [0.717, 1.165) is 36.5 Å². The first kappa shape index (κ1) is 25.4. The molecule has 32 heavy (non-hydrogen) atoms. The number of hydrogen-bond donors (Lipinski definition) is 0. The highest BCUT2D eigenvalue weighted by atomic mass is 16.5. The van der Waals surface area contributed by atoms with Crippen molar-refractivity contribution in [3.8, 4) is 5.75 Å². The molecule has 0 aliphatic heterocycles. The van der Waals surface area contributed by atoms with Crippen molar-refractivity contribution in [3.05, 3.63) is 41.5 Å². The molecule has 1 fully saturated rings. The monoisotopic (exact) mass is 438 g/mol. The number of hydrogen-bond acceptors (Lipinski definition) is 1. The topological polar surface area (TPSA) is 9.23 Å². The zero-order valence-electron chi connectivity index (χ0n) is 21.3. The second-order valence-electron chi connectivity index (χ2n) is 10.8. The summed E-state index contributed by atoms with van der Waals surface area (Å²) in [5.74, 6) is 4.08. The van der Waals surface area contributed by atoms with Gasteiger partial charge in [-0.15, -0.1) is 0 Å². The van der Waals surface area contributed by atoms with Crippen molar-refractivity contribution in [3.63, 3.8) is 0 Å². The Kier molecular flexibility index (Phi) is 11.8. The third-order valence-electron chi connectivity index (χ3n) is 8.20. The van der Waals surface area contributed by atoms with Crippen LogP contribution in [0.3, 0.4) is 0 Å². The lowest BCUT2D eigenvalue weighted by Crippen LogP contribution is -2.16. The predicted molar refractivity (Wildman–Crippen MR) is 139 cm³/mol. The van der Waals surface area contributed by atoms with E-state index in [1.54, 1.807) is 5.57 Å². The molecular formula is C31H50O. The van der Waals surface area contributed by atoms with Crippen LogP contribution in [0.5, 0.6) is 5.75 Å². The van der Waals surface area contributed by atoms with E-state index in [1.807, 2.05) is 0 Å². The molecule has 3 rings (SSSR count). The highest BCUT2D eigenvalue weighted by Crippen LogP contribution is 2.37. The smallest absolute Gasteiger partial charge is 0.119 e. The van der Waals surface area contributed by atoms with Gasteiger partial charge in [-0.3, -0.25) is 0 Å². The fraction of sp³-hybridized carbons (Fsp3) is 0.742. The van der Waals surface area contributed by atoms with Crippen LogP contribution >= 0.6 is 0 Å². The van der Waals surface area contributed by atoms with Gasteiger partial charge in [0.2, 0.25) is 0 Å². The Labute approximate surface area is 199 Å². The van der Waals surface area contributed by atoms with Gasteiger partial charge in [0, 0.05) is 0 Å². The number of rotatable bonds is 14. The average Bonchev–Trinajstić information content (AvgIpc) is 2.85. The lowest BCUT2D eigenvalue weighted by Gasteiger charge is -2.30. The molecule has 0 heterocycles. The van der Waals surface area contributed by atoms with Crippen molar-refractivity contribution in [1.29, 1.82) is 0 Å². The largest absolute Gasteiger partial charge is 0.494 e. The molecule has 1 unspecified atom stereocenters. The summed E-state index contributed by atoms with van der Waals surface area (Å²) in [6, 6.07) is 8.84. The van der Waals surface area contributed by atoms with E-state index in [-0.39, 0.29) is 0 Å². The summed E-state index contributed by atoms with van der Waals surface area (Å²) in [5.41, 5.74) is 3.15. The van der Waals surface area contributed by atoms with E-state index < -0.39 is 0 Å². The second kappa shape index (κ2) is 14.8. The van der Waals surface area contributed by atoms with Crippen molar-refractivity contribution in [1.82, 2.24) is 0 Å². The third-order valence-corrected chi connectivity index (χ3v) is 8.20. The Hall–Kier alpha value is -1.24. The zero-order valence-corrected chi connectivity index (χ0v) is 21.3. The number of aryl methyl sites for hydroxylation is 1. The molecule has 0 saturated heterocycles. The molecule has 0 aromatic heterocycles. The zero-order chi connectivity index (χ0) is 22.4. The Morgan fingerprint density at radius 1 is 0.719 bits per heavy atom. The molecule has 1 saturated carbocycles. The predicted octanol–water partition coefficient (Wildman–Crippen LogP) is 9.69. The summed E-state index contributed by atoms with van der Waals surface area (Å²) in [6.07, 6.45) is 26.2. The Morgan fingerprint density at radius 3 is 2.06 bits per heavy atom. The lowest BCUT2D eigenvalue weighted by atomic mass is 9.76. The second-order valence-corrected chi connectivity index (χ2v) is 10.8. The lowest BCUT2D eigenvalue weighted by molar-refractivity contribution is 0.235. The van der Waals surface area contributed by atoms with E-state index in [9.17, 15) is 0 Å². The van der Waals surface area contributed by atoms with Crippen LogP contribution in [-0.2, 0) is 6.42 Å². The standard InChI is InChI=1S/C31H50O/c1-3-5-7-25-32-31-23-21-30(22-24-31)20-19-29-17-15-28(16-18-29)14-13-27-11-9-26(10-12-27)8-6-4-2/h17,21-24,26-28H,3-16,18-20,25H2,1-2H3/t26-,27-,28?. The molecule has 0 amide bonds. The molecule has 1 aromatic carbocycles. The first-order valence-electron chi connectivity index (χ1n) is 14.2. The van der Waals surface area contributed by atoms with Crippen molar-refractivity contribution in [2.75, 3.05) is 6.61 Å². The third kappa shape index (κ3) is 9.32. The summed E-state index contributed by atoms with van der Waals surface area (Å²) in [6.45, 7) is 5.41. The molecule has 1 aromatic rings. The fourth-order valence-corrected chi connectivity index (χ4v) is 5.80. The van der Waals surface area contributed by atoms with Crippen LogP contribution in [0.25, 0.3) is 0 Å². The first-order chi connectivity index (χ1) is 15.8. The van der Waals surface area contributed by atoms with Crippen molar-refractivity contribution < 1.29 is 4.74 Å². The Bertz CT molecular complexity index is 635. The van der Waals surface area contributed by atoms with E-state index in [2.05, 4.69) is 44.2 Å². The molecular weight excluding hydrogens is 388 g/mol.